The van der Waals surface area contributed by atoms with Crippen LogP contribution in [-0.4, -0.2) is 6.54 Å². The summed E-state index contributed by atoms with van der Waals surface area (Å²) in [6, 6.07) is 10.7. The number of nitrogens with one attached hydrogen (secondary N) is 1. The van der Waals surface area contributed by atoms with Crippen LogP contribution in [0.2, 0.25) is 0 Å². The van der Waals surface area contributed by atoms with E-state index in [1.54, 1.807) is 18.2 Å². The van der Waals surface area contributed by atoms with Crippen molar-refractivity contribution in [2.75, 3.05) is 17.6 Å². The molecule has 0 fully saturated rings. The first kappa shape index (κ1) is 12.4. The highest BCUT2D eigenvalue weighted by Crippen LogP contribution is 2.15. The summed E-state index contributed by atoms with van der Waals surface area (Å²) in [5.74, 6) is -0.608. The van der Waals surface area contributed by atoms with Crippen LogP contribution in [0.25, 0.3) is 0 Å². The molecule has 0 aromatic heterocycles. The first-order valence-corrected chi connectivity index (χ1v) is 5.68. The molecule has 3 N–H and O–H groups in total. The lowest BCUT2D eigenvalue weighted by Gasteiger charge is -2.07. The fourth-order valence-corrected chi connectivity index (χ4v) is 1.72. The molecule has 0 aliphatic heterocycles. The zero-order valence-electron chi connectivity index (χ0n) is 9.79. The van der Waals surface area contributed by atoms with Crippen molar-refractivity contribution in [3.63, 3.8) is 0 Å². The van der Waals surface area contributed by atoms with Crippen LogP contribution in [-0.2, 0) is 6.42 Å². The van der Waals surface area contributed by atoms with Crippen LogP contribution >= 0.6 is 0 Å². The lowest BCUT2D eigenvalue weighted by atomic mass is 10.1. The number of nitrogen functional groups attached to an aromatic ring is 1. The van der Waals surface area contributed by atoms with E-state index in [0.29, 0.717) is 17.9 Å². The Morgan fingerprint density at radius 3 is 2.33 bits per heavy atom. The van der Waals surface area contributed by atoms with Crippen LogP contribution in [0.4, 0.5) is 20.2 Å². The molecular weight excluding hydrogens is 234 g/mol. The lowest BCUT2D eigenvalue weighted by Crippen LogP contribution is -2.05. The Balaban J connectivity index is 1.90. The van der Waals surface area contributed by atoms with Gasteiger partial charge in [0.1, 0.15) is 11.6 Å². The topological polar surface area (TPSA) is 38.0 Å². The van der Waals surface area contributed by atoms with Crippen LogP contribution in [0.15, 0.2) is 42.5 Å². The van der Waals surface area contributed by atoms with Gasteiger partial charge in [-0.2, -0.15) is 0 Å². The summed E-state index contributed by atoms with van der Waals surface area (Å²) >= 11 is 0. The van der Waals surface area contributed by atoms with Crippen LogP contribution in [0, 0.1) is 11.6 Å². The van der Waals surface area contributed by atoms with E-state index in [4.69, 9.17) is 5.73 Å². The number of rotatable bonds is 4. The molecule has 2 aromatic carbocycles. The Hall–Kier alpha value is -2.10. The van der Waals surface area contributed by atoms with Crippen LogP contribution in [0.3, 0.4) is 0 Å². The molecule has 0 saturated heterocycles. The normalized spacial score (nSPS) is 10.3. The van der Waals surface area contributed by atoms with Gasteiger partial charge in [0.25, 0.3) is 0 Å². The fraction of sp³-hybridized carbons (Fsp3) is 0.143. The quantitative estimate of drug-likeness (QED) is 0.815. The van der Waals surface area contributed by atoms with Crippen LogP contribution in [0.5, 0.6) is 0 Å². The van der Waals surface area contributed by atoms with Gasteiger partial charge >= 0.3 is 0 Å². The second kappa shape index (κ2) is 5.49. The minimum Gasteiger partial charge on any atom is -0.399 e. The Labute approximate surface area is 104 Å². The molecule has 0 aliphatic rings. The fourth-order valence-electron chi connectivity index (χ4n) is 1.72. The van der Waals surface area contributed by atoms with Gasteiger partial charge in [0, 0.05) is 17.9 Å². The van der Waals surface area contributed by atoms with Gasteiger partial charge in [-0.1, -0.05) is 12.1 Å². The number of hydrogen-bond acceptors (Lipinski definition) is 2. The predicted molar refractivity (Wildman–Crippen MR) is 69.4 cm³/mol. The van der Waals surface area contributed by atoms with Gasteiger partial charge in [-0.05, 0) is 42.3 Å². The summed E-state index contributed by atoms with van der Waals surface area (Å²) in [7, 11) is 0. The molecular formula is C14H14F2N2. The van der Waals surface area contributed by atoms with Crippen molar-refractivity contribution in [3.05, 3.63) is 59.7 Å². The highest BCUT2D eigenvalue weighted by molar-refractivity contribution is 5.54. The number of halogens is 2. The maximum absolute atomic E-state index is 13.1. The van der Waals surface area contributed by atoms with Gasteiger partial charge in [0.05, 0.1) is 0 Å². The van der Waals surface area contributed by atoms with Crippen molar-refractivity contribution in [2.45, 2.75) is 6.42 Å². The minimum atomic E-state index is -0.362. The van der Waals surface area contributed by atoms with Gasteiger partial charge in [0.15, 0.2) is 0 Å². The zero-order chi connectivity index (χ0) is 13.0. The summed E-state index contributed by atoms with van der Waals surface area (Å²) in [5, 5.41) is 3.08. The van der Waals surface area contributed by atoms with E-state index in [1.807, 2.05) is 0 Å². The molecule has 2 aromatic rings. The Bertz CT molecular complexity index is 504. The summed E-state index contributed by atoms with van der Waals surface area (Å²) in [6.45, 7) is 0.633. The van der Waals surface area contributed by atoms with Crippen molar-refractivity contribution < 1.29 is 8.78 Å². The van der Waals surface area contributed by atoms with Crippen molar-refractivity contribution in [3.8, 4) is 0 Å². The van der Waals surface area contributed by atoms with Crippen LogP contribution < -0.4 is 11.1 Å². The monoisotopic (exact) mass is 248 g/mol. The molecule has 18 heavy (non-hydrogen) atoms. The van der Waals surface area contributed by atoms with E-state index in [9.17, 15) is 8.78 Å². The third-order valence-electron chi connectivity index (χ3n) is 2.58. The lowest BCUT2D eigenvalue weighted by molar-refractivity contribution is 0.626. The summed E-state index contributed by atoms with van der Waals surface area (Å²) in [6.07, 6.45) is 0.733. The third-order valence-corrected chi connectivity index (χ3v) is 2.58. The molecule has 0 spiro atoms. The molecule has 2 rings (SSSR count). The second-order valence-corrected chi connectivity index (χ2v) is 4.08. The van der Waals surface area contributed by atoms with Crippen molar-refractivity contribution in [2.24, 2.45) is 0 Å². The first-order chi connectivity index (χ1) is 8.63. The molecule has 0 unspecified atom stereocenters. The number of benzene rings is 2. The zero-order valence-corrected chi connectivity index (χ0v) is 9.79. The van der Waals surface area contributed by atoms with Crippen molar-refractivity contribution >= 4 is 11.4 Å². The van der Waals surface area contributed by atoms with Crippen LogP contribution in [0.1, 0.15) is 5.56 Å². The molecule has 94 valence electrons. The number of nitrogens with two attached hydrogens (primary N) is 1. The first-order valence-electron chi connectivity index (χ1n) is 5.68. The SMILES string of the molecule is Nc1cc(F)cc(NCCc2ccc(F)cc2)c1. The Morgan fingerprint density at radius 2 is 1.67 bits per heavy atom. The molecule has 0 bridgehead atoms. The molecule has 0 atom stereocenters. The maximum Gasteiger partial charge on any atom is 0.127 e. The Kier molecular flexibility index (Phi) is 3.77. The average molecular weight is 248 g/mol. The predicted octanol–water partition coefficient (Wildman–Crippen LogP) is 3.20. The van der Waals surface area contributed by atoms with Crippen molar-refractivity contribution in [1.29, 1.82) is 0 Å². The van der Waals surface area contributed by atoms with E-state index < -0.39 is 0 Å². The van der Waals surface area contributed by atoms with E-state index in [0.717, 1.165) is 12.0 Å². The molecule has 0 amide bonds. The maximum atomic E-state index is 13.1. The van der Waals surface area contributed by atoms with Crippen molar-refractivity contribution in [1.82, 2.24) is 0 Å². The number of hydrogen-bond donors (Lipinski definition) is 2. The summed E-state index contributed by atoms with van der Waals surface area (Å²) in [4.78, 5) is 0. The van der Waals surface area contributed by atoms with E-state index in [2.05, 4.69) is 5.32 Å². The third kappa shape index (κ3) is 3.45. The highest BCUT2D eigenvalue weighted by atomic mass is 19.1. The average Bonchev–Trinajstić information content (AvgIpc) is 2.30. The molecule has 0 saturated carbocycles. The van der Waals surface area contributed by atoms with E-state index in [-0.39, 0.29) is 11.6 Å². The molecule has 0 heterocycles. The summed E-state index contributed by atoms with van der Waals surface area (Å²) < 4.78 is 25.8. The minimum absolute atomic E-state index is 0.246. The molecule has 0 aliphatic carbocycles. The largest absolute Gasteiger partial charge is 0.399 e. The van der Waals surface area contributed by atoms with Gasteiger partial charge < -0.3 is 11.1 Å². The molecule has 2 nitrogen and oxygen atoms in total. The standard InChI is InChI=1S/C14H14F2N2/c15-11-3-1-10(2-4-11)5-6-18-14-8-12(16)7-13(17)9-14/h1-4,7-9,18H,5-6,17H2. The van der Waals surface area contributed by atoms with Gasteiger partial charge in [0.2, 0.25) is 0 Å². The Morgan fingerprint density at radius 1 is 0.944 bits per heavy atom. The van der Waals surface area contributed by atoms with E-state index in [1.165, 1.54) is 24.3 Å². The second-order valence-electron chi connectivity index (χ2n) is 4.08. The van der Waals surface area contributed by atoms with E-state index >= 15 is 0 Å². The van der Waals surface area contributed by atoms with Gasteiger partial charge in [-0.25, -0.2) is 8.78 Å². The van der Waals surface area contributed by atoms with Gasteiger partial charge in [-0.3, -0.25) is 0 Å². The molecule has 4 heteroatoms. The summed E-state index contributed by atoms with van der Waals surface area (Å²) in [5.41, 5.74) is 7.59. The number of anilines is 2. The molecule has 0 radical (unpaired) electrons. The van der Waals surface area contributed by atoms with Gasteiger partial charge in [-0.15, -0.1) is 0 Å². The smallest absolute Gasteiger partial charge is 0.127 e. The highest BCUT2D eigenvalue weighted by Gasteiger charge is 1.99.